The van der Waals surface area contributed by atoms with Crippen molar-refractivity contribution in [1.29, 1.82) is 0 Å². The quantitative estimate of drug-likeness (QED) is 0.783. The zero-order valence-corrected chi connectivity index (χ0v) is 12.5. The van der Waals surface area contributed by atoms with Gasteiger partial charge in [-0.15, -0.1) is 0 Å². The van der Waals surface area contributed by atoms with Crippen LogP contribution in [0.5, 0.6) is 0 Å². The minimum absolute atomic E-state index is 0.0488. The van der Waals surface area contributed by atoms with Crippen molar-refractivity contribution in [2.75, 3.05) is 6.54 Å². The van der Waals surface area contributed by atoms with Crippen LogP contribution < -0.4 is 5.73 Å². The number of hydrogen-bond donors (Lipinski definition) is 2. The van der Waals surface area contributed by atoms with Gasteiger partial charge in [0, 0.05) is 19.8 Å². The van der Waals surface area contributed by atoms with Gasteiger partial charge in [-0.2, -0.15) is 4.31 Å². The molecule has 1 fully saturated rings. The number of amides is 1. The van der Waals surface area contributed by atoms with Crippen molar-refractivity contribution in [2.24, 2.45) is 18.7 Å². The predicted molar refractivity (Wildman–Crippen MR) is 73.0 cm³/mol. The Balaban J connectivity index is 2.45. The Morgan fingerprint density at radius 3 is 2.52 bits per heavy atom. The van der Waals surface area contributed by atoms with Crippen molar-refractivity contribution in [2.45, 2.75) is 24.3 Å². The Kier molecular flexibility index (Phi) is 3.81. The summed E-state index contributed by atoms with van der Waals surface area (Å²) in [5, 5.41) is 9.23. The fraction of sp³-hybridized carbons (Fsp3) is 0.500. The third kappa shape index (κ3) is 2.54. The van der Waals surface area contributed by atoms with Crippen LogP contribution in [0.3, 0.4) is 0 Å². The molecule has 0 radical (unpaired) electrons. The molecule has 2 rings (SSSR count). The standard InChI is InChI=1S/C12H17N3O5S/c1-7-3-4-15(10(7)12(17)18)21(19,20)8-5-9(11(13)16)14(2)6-8/h5-7,10H,3-4H2,1-2H3,(H2,13,16)(H,17,18). The Hall–Kier alpha value is -1.87. The smallest absolute Gasteiger partial charge is 0.322 e. The lowest BCUT2D eigenvalue weighted by molar-refractivity contribution is -0.141. The summed E-state index contributed by atoms with van der Waals surface area (Å²) in [7, 11) is -2.48. The number of nitrogens with zero attached hydrogens (tertiary/aromatic N) is 2. The normalized spacial score (nSPS) is 23.3. The number of aromatic nitrogens is 1. The number of aryl methyl sites for hydroxylation is 1. The average molecular weight is 315 g/mol. The molecule has 21 heavy (non-hydrogen) atoms. The highest BCUT2D eigenvalue weighted by atomic mass is 32.2. The molecule has 1 aromatic heterocycles. The van der Waals surface area contributed by atoms with E-state index in [0.29, 0.717) is 6.42 Å². The Labute approximate surface area is 122 Å². The molecule has 0 saturated carbocycles. The second-order valence-electron chi connectivity index (χ2n) is 5.20. The van der Waals surface area contributed by atoms with Gasteiger partial charge in [-0.05, 0) is 18.4 Å². The van der Waals surface area contributed by atoms with Crippen molar-refractivity contribution in [1.82, 2.24) is 8.87 Å². The molecular weight excluding hydrogens is 298 g/mol. The largest absolute Gasteiger partial charge is 0.480 e. The molecule has 3 N–H and O–H groups in total. The first kappa shape index (κ1) is 15.5. The molecule has 1 saturated heterocycles. The van der Waals surface area contributed by atoms with Gasteiger partial charge in [0.15, 0.2) is 0 Å². The Morgan fingerprint density at radius 2 is 2.05 bits per heavy atom. The van der Waals surface area contributed by atoms with Crippen LogP contribution in [0.15, 0.2) is 17.2 Å². The van der Waals surface area contributed by atoms with E-state index in [2.05, 4.69) is 0 Å². The van der Waals surface area contributed by atoms with Crippen LogP contribution in [0.2, 0.25) is 0 Å². The van der Waals surface area contributed by atoms with Crippen molar-refractivity contribution in [3.63, 3.8) is 0 Å². The van der Waals surface area contributed by atoms with Crippen LogP contribution in [0.4, 0.5) is 0 Å². The summed E-state index contributed by atoms with van der Waals surface area (Å²) in [6, 6.07) is 0.0757. The number of nitrogens with two attached hydrogens (primary N) is 1. The van der Waals surface area contributed by atoms with Crippen LogP contribution in [-0.2, 0) is 21.9 Å². The highest BCUT2D eigenvalue weighted by Gasteiger charge is 2.44. The number of carboxylic acid groups (broad SMARTS) is 1. The third-order valence-corrected chi connectivity index (χ3v) is 5.59. The van der Waals surface area contributed by atoms with E-state index in [1.807, 2.05) is 0 Å². The second-order valence-corrected chi connectivity index (χ2v) is 7.09. The molecule has 0 bridgehead atoms. The van der Waals surface area contributed by atoms with E-state index in [0.717, 1.165) is 4.31 Å². The first-order valence-corrected chi connectivity index (χ1v) is 7.81. The lowest BCUT2D eigenvalue weighted by Gasteiger charge is -2.22. The van der Waals surface area contributed by atoms with Gasteiger partial charge < -0.3 is 15.4 Å². The molecule has 2 atom stereocenters. The number of aliphatic carboxylic acids is 1. The summed E-state index contributed by atoms with van der Waals surface area (Å²) in [6.07, 6.45) is 1.74. The van der Waals surface area contributed by atoms with Gasteiger partial charge >= 0.3 is 5.97 Å². The van der Waals surface area contributed by atoms with Crippen molar-refractivity contribution in [3.05, 3.63) is 18.0 Å². The van der Waals surface area contributed by atoms with E-state index >= 15 is 0 Å². The van der Waals surface area contributed by atoms with Gasteiger partial charge in [0.1, 0.15) is 16.6 Å². The van der Waals surface area contributed by atoms with Gasteiger partial charge in [-0.3, -0.25) is 9.59 Å². The molecule has 1 aliphatic heterocycles. The highest BCUT2D eigenvalue weighted by Crippen LogP contribution is 2.30. The minimum Gasteiger partial charge on any atom is -0.480 e. The number of primary amides is 1. The maximum absolute atomic E-state index is 12.6. The topological polar surface area (TPSA) is 123 Å². The summed E-state index contributed by atoms with van der Waals surface area (Å²) >= 11 is 0. The summed E-state index contributed by atoms with van der Waals surface area (Å²) in [5.41, 5.74) is 5.21. The van der Waals surface area contributed by atoms with Crippen molar-refractivity contribution in [3.8, 4) is 0 Å². The molecule has 1 aromatic rings. The highest BCUT2D eigenvalue weighted by molar-refractivity contribution is 7.89. The molecule has 0 spiro atoms. The molecular formula is C12H17N3O5S. The van der Waals surface area contributed by atoms with Gasteiger partial charge in [-0.25, -0.2) is 8.42 Å². The lowest BCUT2D eigenvalue weighted by atomic mass is 10.0. The first-order chi connectivity index (χ1) is 9.66. The number of sulfonamides is 1. The lowest BCUT2D eigenvalue weighted by Crippen LogP contribution is -2.42. The summed E-state index contributed by atoms with van der Waals surface area (Å²) in [5.74, 6) is -2.19. The van der Waals surface area contributed by atoms with E-state index in [-0.39, 0.29) is 23.1 Å². The Bertz CT molecular complexity index is 694. The molecule has 0 aromatic carbocycles. The summed E-state index contributed by atoms with van der Waals surface area (Å²) in [4.78, 5) is 22.4. The maximum atomic E-state index is 12.6. The van der Waals surface area contributed by atoms with E-state index in [4.69, 9.17) is 5.73 Å². The minimum atomic E-state index is -3.98. The molecule has 116 valence electrons. The van der Waals surface area contributed by atoms with Crippen LogP contribution in [-0.4, -0.2) is 46.9 Å². The fourth-order valence-electron chi connectivity index (χ4n) is 2.60. The predicted octanol–water partition coefficient (Wildman–Crippen LogP) is -0.392. The molecule has 8 nitrogen and oxygen atoms in total. The summed E-state index contributed by atoms with van der Waals surface area (Å²) in [6.45, 7) is 1.84. The zero-order chi connectivity index (χ0) is 15.9. The van der Waals surface area contributed by atoms with Crippen LogP contribution in [0.25, 0.3) is 0 Å². The fourth-order valence-corrected chi connectivity index (χ4v) is 4.37. The van der Waals surface area contributed by atoms with Gasteiger partial charge in [-0.1, -0.05) is 6.92 Å². The monoisotopic (exact) mass is 315 g/mol. The molecule has 1 amide bonds. The SMILES string of the molecule is CC1CCN(S(=O)(=O)c2cc(C(N)=O)n(C)c2)C1C(=O)O. The van der Waals surface area contributed by atoms with Crippen LogP contribution >= 0.6 is 0 Å². The van der Waals surface area contributed by atoms with Crippen molar-refractivity contribution < 1.29 is 23.1 Å². The maximum Gasteiger partial charge on any atom is 0.322 e. The molecule has 1 aliphatic rings. The molecule has 2 heterocycles. The number of carbonyl (C=O) groups is 2. The molecule has 0 aliphatic carbocycles. The van der Waals surface area contributed by atoms with Gasteiger partial charge in [0.2, 0.25) is 10.0 Å². The van der Waals surface area contributed by atoms with E-state index in [1.54, 1.807) is 6.92 Å². The molecule has 2 unspecified atom stereocenters. The van der Waals surface area contributed by atoms with Gasteiger partial charge in [0.05, 0.1) is 0 Å². The van der Waals surface area contributed by atoms with Crippen LogP contribution in [0, 0.1) is 5.92 Å². The zero-order valence-electron chi connectivity index (χ0n) is 11.7. The average Bonchev–Trinajstić information content (AvgIpc) is 2.92. The van der Waals surface area contributed by atoms with E-state index < -0.39 is 27.9 Å². The Morgan fingerprint density at radius 1 is 1.43 bits per heavy atom. The van der Waals surface area contributed by atoms with E-state index in [1.165, 1.54) is 23.9 Å². The number of carboxylic acids is 1. The van der Waals surface area contributed by atoms with Crippen LogP contribution in [0.1, 0.15) is 23.8 Å². The van der Waals surface area contributed by atoms with Crippen molar-refractivity contribution >= 4 is 21.9 Å². The molecule has 9 heteroatoms. The summed E-state index contributed by atoms with van der Waals surface area (Å²) < 4.78 is 27.4. The number of hydrogen-bond acceptors (Lipinski definition) is 4. The first-order valence-electron chi connectivity index (χ1n) is 6.37. The third-order valence-electron chi connectivity index (χ3n) is 3.75. The number of carbonyl (C=O) groups excluding carboxylic acids is 1. The number of rotatable bonds is 4. The second kappa shape index (κ2) is 5.15. The van der Waals surface area contributed by atoms with Gasteiger partial charge in [0.25, 0.3) is 5.91 Å². The van der Waals surface area contributed by atoms with E-state index in [9.17, 15) is 23.1 Å².